The maximum Gasteiger partial charge on any atom is 0.338 e. The molecule has 0 spiro atoms. The highest BCUT2D eigenvalue weighted by atomic mass is 32.2. The molecule has 0 aliphatic carbocycles. The summed E-state index contributed by atoms with van der Waals surface area (Å²) in [6, 6.07) is 13.9. The van der Waals surface area contributed by atoms with E-state index in [4.69, 9.17) is 4.74 Å². The van der Waals surface area contributed by atoms with Crippen LogP contribution in [0.1, 0.15) is 34.8 Å². The van der Waals surface area contributed by atoms with Gasteiger partial charge >= 0.3 is 5.97 Å². The molecule has 9 heteroatoms. The number of hydrogen-bond acceptors (Lipinski definition) is 5. The minimum absolute atomic E-state index is 0.272. The van der Waals surface area contributed by atoms with Crippen LogP contribution in [0, 0.1) is 6.92 Å². The number of amides is 1. The molecule has 0 radical (unpaired) electrons. The molecule has 1 N–H and O–H groups in total. The number of benzene rings is 2. The van der Waals surface area contributed by atoms with Crippen LogP contribution in [-0.2, 0) is 26.3 Å². The van der Waals surface area contributed by atoms with Gasteiger partial charge < -0.3 is 10.1 Å². The fraction of sp³-hybridized carbons (Fsp3) is 0.364. The van der Waals surface area contributed by atoms with Gasteiger partial charge in [0.2, 0.25) is 5.91 Å². The molecular formula is C22H27N3O5S. The standard InChI is InChI=1S/C22H27N3O5S/c1-3-30-22(27)18-9-11-20(12-10-18)23-21(26)16-25-14-6-13-24(31(25,28)29)15-19-8-5-4-7-17(19)2/h4-5,7-12H,3,6,13-16H2,1-2H3,(H,23,26). The highest BCUT2D eigenvalue weighted by molar-refractivity contribution is 7.86. The lowest BCUT2D eigenvalue weighted by molar-refractivity contribution is -0.116. The zero-order valence-electron chi connectivity index (χ0n) is 17.7. The highest BCUT2D eigenvalue weighted by Gasteiger charge is 2.34. The summed E-state index contributed by atoms with van der Waals surface area (Å²) in [7, 11) is -3.75. The third-order valence-corrected chi connectivity index (χ3v) is 7.00. The third kappa shape index (κ3) is 5.69. The number of esters is 1. The molecule has 2 aromatic carbocycles. The van der Waals surface area contributed by atoms with Crippen LogP contribution in [0.25, 0.3) is 0 Å². The van der Waals surface area contributed by atoms with Crippen molar-refractivity contribution in [1.29, 1.82) is 0 Å². The van der Waals surface area contributed by atoms with Gasteiger partial charge in [0, 0.05) is 25.3 Å². The van der Waals surface area contributed by atoms with Crippen molar-refractivity contribution in [3.63, 3.8) is 0 Å². The fourth-order valence-electron chi connectivity index (χ4n) is 3.38. The van der Waals surface area contributed by atoms with Crippen molar-refractivity contribution in [2.24, 2.45) is 0 Å². The smallest absolute Gasteiger partial charge is 0.338 e. The first-order valence-corrected chi connectivity index (χ1v) is 11.6. The number of aryl methyl sites for hydroxylation is 1. The van der Waals surface area contributed by atoms with Crippen molar-refractivity contribution in [3.8, 4) is 0 Å². The summed E-state index contributed by atoms with van der Waals surface area (Å²) in [6.07, 6.45) is 0.645. The van der Waals surface area contributed by atoms with Gasteiger partial charge in [-0.05, 0) is 55.7 Å². The van der Waals surface area contributed by atoms with Crippen molar-refractivity contribution in [3.05, 3.63) is 65.2 Å². The van der Waals surface area contributed by atoms with Gasteiger partial charge in [-0.2, -0.15) is 17.0 Å². The Balaban J connectivity index is 1.62. The molecule has 1 amide bonds. The maximum atomic E-state index is 13.0. The molecule has 1 aliphatic rings. The first-order chi connectivity index (χ1) is 14.8. The number of carbonyl (C=O) groups is 2. The molecule has 166 valence electrons. The lowest BCUT2D eigenvalue weighted by Crippen LogP contribution is -2.51. The van der Waals surface area contributed by atoms with Gasteiger partial charge in [0.05, 0.1) is 18.7 Å². The van der Waals surface area contributed by atoms with Crippen LogP contribution < -0.4 is 5.32 Å². The monoisotopic (exact) mass is 445 g/mol. The number of nitrogens with one attached hydrogen (secondary N) is 1. The number of rotatable bonds is 7. The van der Waals surface area contributed by atoms with Crippen LogP contribution >= 0.6 is 0 Å². The van der Waals surface area contributed by atoms with Crippen molar-refractivity contribution >= 4 is 27.8 Å². The van der Waals surface area contributed by atoms with Crippen LogP contribution in [0.15, 0.2) is 48.5 Å². The van der Waals surface area contributed by atoms with Crippen LogP contribution in [0.5, 0.6) is 0 Å². The summed E-state index contributed by atoms with van der Waals surface area (Å²) in [6.45, 7) is 4.68. The highest BCUT2D eigenvalue weighted by Crippen LogP contribution is 2.21. The number of anilines is 1. The molecule has 0 atom stereocenters. The summed E-state index contributed by atoms with van der Waals surface area (Å²) in [5.41, 5.74) is 2.83. The van der Waals surface area contributed by atoms with Crippen LogP contribution in [-0.4, -0.2) is 55.1 Å². The van der Waals surface area contributed by atoms with Gasteiger partial charge in [-0.1, -0.05) is 24.3 Å². The number of nitrogens with zero attached hydrogens (tertiary/aromatic N) is 2. The first kappa shape index (κ1) is 22.9. The van der Waals surface area contributed by atoms with Crippen LogP contribution in [0.4, 0.5) is 5.69 Å². The Morgan fingerprint density at radius 1 is 1.03 bits per heavy atom. The van der Waals surface area contributed by atoms with E-state index in [9.17, 15) is 18.0 Å². The topological polar surface area (TPSA) is 96.0 Å². The molecule has 1 heterocycles. The molecule has 1 fully saturated rings. The minimum atomic E-state index is -3.75. The van der Waals surface area contributed by atoms with Gasteiger partial charge in [-0.3, -0.25) is 4.79 Å². The number of ether oxygens (including phenoxy) is 1. The zero-order valence-corrected chi connectivity index (χ0v) is 18.5. The van der Waals surface area contributed by atoms with E-state index in [1.807, 2.05) is 31.2 Å². The molecular weight excluding hydrogens is 418 g/mol. The Kier molecular flexibility index (Phi) is 7.42. The summed E-state index contributed by atoms with van der Waals surface area (Å²) < 4.78 is 33.6. The number of carbonyl (C=O) groups excluding carboxylic acids is 2. The predicted molar refractivity (Wildman–Crippen MR) is 118 cm³/mol. The second-order valence-electron chi connectivity index (χ2n) is 7.30. The quantitative estimate of drug-likeness (QED) is 0.661. The SMILES string of the molecule is CCOC(=O)c1ccc(NC(=O)CN2CCCN(Cc3ccccc3C)S2(=O)=O)cc1. The second kappa shape index (κ2) is 10.0. The Morgan fingerprint density at radius 2 is 1.71 bits per heavy atom. The Morgan fingerprint density at radius 3 is 2.39 bits per heavy atom. The second-order valence-corrected chi connectivity index (χ2v) is 9.23. The van der Waals surface area contributed by atoms with Crippen molar-refractivity contribution < 1.29 is 22.7 Å². The largest absolute Gasteiger partial charge is 0.462 e. The lowest BCUT2D eigenvalue weighted by Gasteiger charge is -2.34. The average Bonchev–Trinajstić information content (AvgIpc) is 2.73. The van der Waals surface area contributed by atoms with Gasteiger partial charge in [-0.25, -0.2) is 4.79 Å². The minimum Gasteiger partial charge on any atom is -0.462 e. The van der Waals surface area contributed by atoms with E-state index in [0.717, 1.165) is 11.1 Å². The summed E-state index contributed by atoms with van der Waals surface area (Å²) in [5, 5.41) is 2.68. The van der Waals surface area contributed by atoms with E-state index in [0.29, 0.717) is 30.8 Å². The van der Waals surface area contributed by atoms with E-state index in [1.54, 1.807) is 31.2 Å². The number of hydrogen-bond donors (Lipinski definition) is 1. The van der Waals surface area contributed by atoms with Crippen LogP contribution in [0.2, 0.25) is 0 Å². The van der Waals surface area contributed by atoms with E-state index < -0.39 is 22.1 Å². The Bertz CT molecular complexity index is 1040. The van der Waals surface area contributed by atoms with E-state index in [1.165, 1.54) is 8.61 Å². The molecule has 8 nitrogen and oxygen atoms in total. The molecule has 0 bridgehead atoms. The van der Waals surface area contributed by atoms with Crippen LogP contribution in [0.3, 0.4) is 0 Å². The third-order valence-electron chi connectivity index (χ3n) is 5.08. The molecule has 0 unspecified atom stereocenters. The summed E-state index contributed by atoms with van der Waals surface area (Å²) >= 11 is 0. The molecule has 0 aromatic heterocycles. The molecule has 0 saturated carbocycles. The van der Waals surface area contributed by atoms with Crippen molar-refractivity contribution in [2.45, 2.75) is 26.8 Å². The normalized spacial score (nSPS) is 16.6. The van der Waals surface area contributed by atoms with Gasteiger partial charge in [0.25, 0.3) is 10.2 Å². The molecule has 3 rings (SSSR count). The maximum absolute atomic E-state index is 13.0. The van der Waals surface area contributed by atoms with E-state index in [2.05, 4.69) is 5.32 Å². The summed E-state index contributed by atoms with van der Waals surface area (Å²) in [5.74, 6) is -0.876. The molecule has 1 aliphatic heterocycles. The lowest BCUT2D eigenvalue weighted by atomic mass is 10.1. The van der Waals surface area contributed by atoms with Crippen molar-refractivity contribution in [1.82, 2.24) is 8.61 Å². The molecule has 31 heavy (non-hydrogen) atoms. The van der Waals surface area contributed by atoms with Gasteiger partial charge in [0.15, 0.2) is 0 Å². The Labute approximate surface area is 183 Å². The predicted octanol–water partition coefficient (Wildman–Crippen LogP) is 2.56. The van der Waals surface area contributed by atoms with Crippen molar-refractivity contribution in [2.75, 3.05) is 31.6 Å². The summed E-state index contributed by atoms with van der Waals surface area (Å²) in [4.78, 5) is 24.2. The molecule has 2 aromatic rings. The van der Waals surface area contributed by atoms with Gasteiger partial charge in [0.1, 0.15) is 0 Å². The zero-order chi connectivity index (χ0) is 22.4. The fourth-order valence-corrected chi connectivity index (χ4v) is 5.01. The molecule has 1 saturated heterocycles. The Hall–Kier alpha value is -2.75. The van der Waals surface area contributed by atoms with Gasteiger partial charge in [-0.15, -0.1) is 0 Å². The first-order valence-electron chi connectivity index (χ1n) is 10.2. The van der Waals surface area contributed by atoms with E-state index in [-0.39, 0.29) is 19.7 Å². The average molecular weight is 446 g/mol. The van der Waals surface area contributed by atoms with E-state index >= 15 is 0 Å².